The SMILES string of the molecule is CC(C)[C@H](NC(=O)[C@H](CCC(=O)O)NC(=O)[C@H](CC(=O)O)NC(=O)OCc1ccccc1)C(=O)NN(CC(=O)O)C(=O)/C=C/C(=O)OCc1ccccc1. The van der Waals surface area contributed by atoms with Gasteiger partial charge in [-0.15, -0.1) is 0 Å². The zero-order valence-corrected chi connectivity index (χ0v) is 29.3. The summed E-state index contributed by atoms with van der Waals surface area (Å²) < 4.78 is 10.1. The first-order valence-electron chi connectivity index (χ1n) is 16.3. The quantitative estimate of drug-likeness (QED) is 0.0550. The van der Waals surface area contributed by atoms with Gasteiger partial charge in [-0.3, -0.25) is 39.0 Å². The Hall–Kier alpha value is -6.79. The second-order valence-corrected chi connectivity index (χ2v) is 11.8. The molecular formula is C35H41N5O14. The zero-order valence-electron chi connectivity index (χ0n) is 29.3. The second kappa shape index (κ2) is 22.2. The van der Waals surface area contributed by atoms with E-state index in [9.17, 15) is 58.5 Å². The summed E-state index contributed by atoms with van der Waals surface area (Å²) in [4.78, 5) is 112. The smallest absolute Gasteiger partial charge is 0.408 e. The maximum absolute atomic E-state index is 13.4. The molecule has 2 rings (SSSR count). The van der Waals surface area contributed by atoms with Crippen molar-refractivity contribution in [2.24, 2.45) is 5.92 Å². The summed E-state index contributed by atoms with van der Waals surface area (Å²) in [7, 11) is 0. The van der Waals surface area contributed by atoms with Crippen molar-refractivity contribution in [3.05, 3.63) is 83.9 Å². The van der Waals surface area contributed by atoms with Crippen LogP contribution in [0, 0.1) is 5.92 Å². The monoisotopic (exact) mass is 755 g/mol. The molecule has 19 nitrogen and oxygen atoms in total. The van der Waals surface area contributed by atoms with E-state index < -0.39 is 103 Å². The van der Waals surface area contributed by atoms with Gasteiger partial charge in [0, 0.05) is 18.6 Å². The molecule has 0 aliphatic carbocycles. The highest BCUT2D eigenvalue weighted by Gasteiger charge is 2.33. The van der Waals surface area contributed by atoms with Gasteiger partial charge in [0.2, 0.25) is 11.8 Å². The van der Waals surface area contributed by atoms with E-state index in [-0.39, 0.29) is 13.2 Å². The molecule has 5 amide bonds. The summed E-state index contributed by atoms with van der Waals surface area (Å²) in [6.45, 7) is 1.53. The molecule has 0 heterocycles. The third-order valence-corrected chi connectivity index (χ3v) is 7.12. The van der Waals surface area contributed by atoms with Crippen LogP contribution in [0.4, 0.5) is 4.79 Å². The minimum atomic E-state index is -1.78. The Kier molecular flexibility index (Phi) is 17.8. The Morgan fingerprint density at radius 1 is 0.667 bits per heavy atom. The largest absolute Gasteiger partial charge is 0.481 e. The van der Waals surface area contributed by atoms with Crippen LogP contribution >= 0.6 is 0 Å². The van der Waals surface area contributed by atoms with Crippen molar-refractivity contribution in [3.8, 4) is 0 Å². The summed E-state index contributed by atoms with van der Waals surface area (Å²) in [5.41, 5.74) is 3.32. The Morgan fingerprint density at radius 2 is 1.22 bits per heavy atom. The number of ether oxygens (including phenoxy) is 2. The van der Waals surface area contributed by atoms with Crippen LogP contribution < -0.4 is 21.4 Å². The number of alkyl carbamates (subject to hydrolysis) is 1. The van der Waals surface area contributed by atoms with Gasteiger partial charge in [-0.05, 0) is 23.5 Å². The minimum Gasteiger partial charge on any atom is -0.481 e. The van der Waals surface area contributed by atoms with E-state index in [1.165, 1.54) is 13.8 Å². The summed E-state index contributed by atoms with van der Waals surface area (Å²) >= 11 is 0. The van der Waals surface area contributed by atoms with Crippen LogP contribution in [0.25, 0.3) is 0 Å². The zero-order chi connectivity index (χ0) is 40.2. The van der Waals surface area contributed by atoms with Gasteiger partial charge in [0.05, 0.1) is 6.42 Å². The fourth-order valence-electron chi connectivity index (χ4n) is 4.41. The molecule has 2 aromatic carbocycles. The molecule has 0 saturated heterocycles. The number of amides is 5. The molecule has 0 saturated carbocycles. The number of benzene rings is 2. The summed E-state index contributed by atoms with van der Waals surface area (Å²) in [6, 6.07) is 12.0. The molecule has 0 bridgehead atoms. The Bertz CT molecular complexity index is 1680. The van der Waals surface area contributed by atoms with Crippen LogP contribution in [0.15, 0.2) is 72.8 Å². The lowest BCUT2D eigenvalue weighted by Gasteiger charge is -2.28. The summed E-state index contributed by atoms with van der Waals surface area (Å²) in [5.74, 6) is -10.7. The number of nitrogens with zero attached hydrogens (tertiary/aromatic N) is 1. The van der Waals surface area contributed by atoms with E-state index in [4.69, 9.17) is 9.47 Å². The average Bonchev–Trinajstić information content (AvgIpc) is 3.12. The molecule has 0 spiro atoms. The standard InChI is InChI=1S/C35H41N5O14/c1-21(2)31(34(51)39-40(18-29(46)47)26(41)14-16-30(48)53-19-22-9-5-3-6-10-22)38-32(49)24(13-15-27(42)43)36-33(50)25(17-28(44)45)37-35(52)54-20-23-11-7-4-8-12-23/h3-12,14,16,21,24-25,31H,13,15,17-20H2,1-2H3,(H,36,50)(H,37,52)(H,38,49)(H,39,51)(H,42,43)(H,44,45)(H,46,47)/b16-14+/t24-,25-,31-/m0/s1. The lowest BCUT2D eigenvalue weighted by atomic mass is 10.0. The molecule has 0 unspecified atom stereocenters. The Labute approximate surface area is 308 Å². The summed E-state index contributed by atoms with van der Waals surface area (Å²) in [6.07, 6.45) is -1.96. The molecule has 2 aromatic rings. The van der Waals surface area contributed by atoms with Gasteiger partial charge in [0.25, 0.3) is 11.8 Å². The minimum absolute atomic E-state index is 0.116. The highest BCUT2D eigenvalue weighted by atomic mass is 16.5. The Morgan fingerprint density at radius 3 is 1.74 bits per heavy atom. The van der Waals surface area contributed by atoms with Crippen LogP contribution in [-0.4, -0.2) is 98.6 Å². The first-order valence-corrected chi connectivity index (χ1v) is 16.3. The van der Waals surface area contributed by atoms with Crippen molar-refractivity contribution in [3.63, 3.8) is 0 Å². The molecule has 290 valence electrons. The molecule has 54 heavy (non-hydrogen) atoms. The molecule has 0 aliphatic rings. The highest BCUT2D eigenvalue weighted by molar-refractivity contribution is 5.98. The van der Waals surface area contributed by atoms with Crippen LogP contribution in [0.3, 0.4) is 0 Å². The predicted molar refractivity (Wildman–Crippen MR) is 184 cm³/mol. The fourth-order valence-corrected chi connectivity index (χ4v) is 4.41. The van der Waals surface area contributed by atoms with Gasteiger partial charge in [-0.25, -0.2) is 14.6 Å². The first-order chi connectivity index (χ1) is 25.5. The number of esters is 1. The van der Waals surface area contributed by atoms with Gasteiger partial charge < -0.3 is 40.7 Å². The lowest BCUT2D eigenvalue weighted by molar-refractivity contribution is -0.148. The van der Waals surface area contributed by atoms with E-state index in [1.807, 2.05) is 0 Å². The van der Waals surface area contributed by atoms with Crippen molar-refractivity contribution in [1.29, 1.82) is 0 Å². The fraction of sp³-hybridized carbons (Fsp3) is 0.343. The van der Waals surface area contributed by atoms with E-state index in [1.54, 1.807) is 60.7 Å². The molecule has 0 aliphatic heterocycles. The van der Waals surface area contributed by atoms with E-state index in [0.717, 1.165) is 6.08 Å². The van der Waals surface area contributed by atoms with Crippen molar-refractivity contribution in [1.82, 2.24) is 26.4 Å². The number of carbonyl (C=O) groups excluding carboxylic acids is 6. The maximum atomic E-state index is 13.4. The number of hydrogen-bond acceptors (Lipinski definition) is 11. The van der Waals surface area contributed by atoms with Crippen molar-refractivity contribution >= 4 is 53.6 Å². The molecule has 19 heteroatoms. The molecule has 0 radical (unpaired) electrons. The normalized spacial score (nSPS) is 12.4. The first kappa shape index (κ1) is 43.4. The number of hydrogen-bond donors (Lipinski definition) is 7. The number of aliphatic carboxylic acids is 3. The van der Waals surface area contributed by atoms with Crippen molar-refractivity contribution in [2.45, 2.75) is 64.4 Å². The number of carboxylic acid groups (broad SMARTS) is 3. The van der Waals surface area contributed by atoms with E-state index in [0.29, 0.717) is 22.2 Å². The van der Waals surface area contributed by atoms with Crippen molar-refractivity contribution < 1.29 is 67.9 Å². The third kappa shape index (κ3) is 16.5. The van der Waals surface area contributed by atoms with Gasteiger partial charge >= 0.3 is 30.0 Å². The molecule has 3 atom stereocenters. The average molecular weight is 756 g/mol. The predicted octanol–water partition coefficient (Wildman–Crippen LogP) is 0.491. The van der Waals surface area contributed by atoms with Gasteiger partial charge in [0.15, 0.2) is 0 Å². The number of nitrogens with one attached hydrogen (secondary N) is 4. The Balaban J connectivity index is 2.16. The van der Waals surface area contributed by atoms with Gasteiger partial charge in [-0.2, -0.15) is 0 Å². The molecule has 7 N–H and O–H groups in total. The van der Waals surface area contributed by atoms with Crippen LogP contribution in [0.2, 0.25) is 0 Å². The van der Waals surface area contributed by atoms with Gasteiger partial charge in [-0.1, -0.05) is 74.5 Å². The van der Waals surface area contributed by atoms with E-state index in [2.05, 4.69) is 21.4 Å². The number of carboxylic acids is 3. The summed E-state index contributed by atoms with van der Waals surface area (Å²) in [5, 5.41) is 34.9. The third-order valence-electron chi connectivity index (χ3n) is 7.12. The maximum Gasteiger partial charge on any atom is 0.408 e. The number of hydrazine groups is 1. The molecular weight excluding hydrogens is 714 g/mol. The van der Waals surface area contributed by atoms with Gasteiger partial charge in [0.1, 0.15) is 37.9 Å². The highest BCUT2D eigenvalue weighted by Crippen LogP contribution is 2.08. The van der Waals surface area contributed by atoms with Crippen LogP contribution in [0.5, 0.6) is 0 Å². The number of rotatable bonds is 20. The molecule has 0 aromatic heterocycles. The van der Waals surface area contributed by atoms with Crippen LogP contribution in [-0.2, 0) is 61.0 Å². The van der Waals surface area contributed by atoms with Crippen molar-refractivity contribution in [2.75, 3.05) is 6.54 Å². The van der Waals surface area contributed by atoms with E-state index >= 15 is 0 Å². The lowest BCUT2D eigenvalue weighted by Crippen LogP contribution is -2.60. The molecule has 0 fully saturated rings. The second-order valence-electron chi connectivity index (χ2n) is 11.8. The number of carbonyl (C=O) groups is 9. The van der Waals surface area contributed by atoms with Crippen LogP contribution in [0.1, 0.15) is 44.2 Å². The topological polar surface area (TPSA) is 284 Å².